The molecule has 0 bridgehead atoms. The molecule has 0 amide bonds. The van der Waals surface area contributed by atoms with Crippen molar-refractivity contribution in [2.24, 2.45) is 0 Å². The van der Waals surface area contributed by atoms with Crippen molar-refractivity contribution in [1.82, 2.24) is 0 Å². The Bertz CT molecular complexity index is 52.5. The van der Waals surface area contributed by atoms with Crippen molar-refractivity contribution < 1.29 is 0 Å². The van der Waals surface area contributed by atoms with Crippen LogP contribution in [0.4, 0.5) is 0 Å². The zero-order valence-electron chi connectivity index (χ0n) is 6.69. The molecule has 2 atom stereocenters. The van der Waals surface area contributed by atoms with E-state index in [4.69, 9.17) is 0 Å². The lowest BCUT2D eigenvalue weighted by Crippen LogP contribution is -1.95. The van der Waals surface area contributed by atoms with Crippen LogP contribution in [0, 0.1) is 0 Å². The Balaban J connectivity index is 2.95. The quantitative estimate of drug-likeness (QED) is 0.522. The minimum absolute atomic E-state index is 0.884. The van der Waals surface area contributed by atoms with Crippen molar-refractivity contribution in [3.8, 4) is 0 Å². The summed E-state index contributed by atoms with van der Waals surface area (Å²) >= 11 is 0. The second-order valence-electron chi connectivity index (χ2n) is 2.69. The summed E-state index contributed by atoms with van der Waals surface area (Å²) in [6.45, 7) is 4.51. The molecule has 0 aromatic heterocycles. The lowest BCUT2D eigenvalue weighted by atomic mass is 10.1. The molecule has 0 rings (SSSR count). The first-order valence-electron chi connectivity index (χ1n) is 4.06. The largest absolute Gasteiger partial charge is 0.134 e. The van der Waals surface area contributed by atoms with Crippen LogP contribution in [0.5, 0.6) is 0 Å². The van der Waals surface area contributed by atoms with E-state index >= 15 is 0 Å². The fraction of sp³-hybridized carbons (Fsp3) is 1.00. The Morgan fingerprint density at radius 3 is 2.22 bits per heavy atom. The second kappa shape index (κ2) is 6.55. The minimum atomic E-state index is 0.884. The van der Waals surface area contributed by atoms with E-state index in [2.05, 4.69) is 23.1 Å². The van der Waals surface area contributed by atoms with Crippen LogP contribution in [0.25, 0.3) is 0 Å². The van der Waals surface area contributed by atoms with Crippen LogP contribution in [0.2, 0.25) is 0 Å². The lowest BCUT2D eigenvalue weighted by molar-refractivity contribution is 0.639. The predicted octanol–water partition coefficient (Wildman–Crippen LogP) is 3.22. The molecular formula is C8H19P. The Labute approximate surface area is 61.6 Å². The number of hydrogen-bond donors (Lipinski definition) is 0. The van der Waals surface area contributed by atoms with Crippen molar-refractivity contribution in [2.45, 2.75) is 51.6 Å². The molecule has 0 aliphatic carbocycles. The topological polar surface area (TPSA) is 0 Å². The number of rotatable bonds is 5. The average Bonchev–Trinajstić information content (AvgIpc) is 1.85. The molecule has 56 valence electrons. The van der Waals surface area contributed by atoms with E-state index in [1.807, 2.05) is 0 Å². The van der Waals surface area contributed by atoms with Gasteiger partial charge in [-0.15, -0.1) is 9.24 Å². The van der Waals surface area contributed by atoms with Gasteiger partial charge in [0.25, 0.3) is 0 Å². The van der Waals surface area contributed by atoms with Crippen LogP contribution in [0.3, 0.4) is 0 Å². The molecular weight excluding hydrogens is 127 g/mol. The molecule has 0 aliphatic rings. The van der Waals surface area contributed by atoms with E-state index in [1.165, 1.54) is 32.1 Å². The molecule has 9 heavy (non-hydrogen) atoms. The summed E-state index contributed by atoms with van der Waals surface area (Å²) in [5.41, 5.74) is 0.884. The number of unbranched alkanes of at least 4 members (excludes halogenated alkanes) is 1. The standard InChI is InChI=1S/C8H19P/c1-3-5-7-8(9)6-4-2/h8H,3-7,9H2,1-2H3. The Morgan fingerprint density at radius 1 is 1.11 bits per heavy atom. The lowest BCUT2D eigenvalue weighted by Gasteiger charge is -2.06. The van der Waals surface area contributed by atoms with E-state index in [0.29, 0.717) is 0 Å². The summed E-state index contributed by atoms with van der Waals surface area (Å²) in [5, 5.41) is 0. The van der Waals surface area contributed by atoms with Crippen LogP contribution in [-0.2, 0) is 0 Å². The maximum absolute atomic E-state index is 2.93. The normalized spacial score (nSPS) is 13.7. The van der Waals surface area contributed by atoms with E-state index in [0.717, 1.165) is 5.66 Å². The van der Waals surface area contributed by atoms with Gasteiger partial charge in [0.15, 0.2) is 0 Å². The van der Waals surface area contributed by atoms with E-state index in [1.54, 1.807) is 0 Å². The monoisotopic (exact) mass is 146 g/mol. The van der Waals surface area contributed by atoms with Crippen LogP contribution < -0.4 is 0 Å². The van der Waals surface area contributed by atoms with Crippen LogP contribution >= 0.6 is 9.24 Å². The van der Waals surface area contributed by atoms with Crippen molar-refractivity contribution in [1.29, 1.82) is 0 Å². The van der Waals surface area contributed by atoms with Crippen LogP contribution in [-0.4, -0.2) is 5.66 Å². The molecule has 0 fully saturated rings. The second-order valence-corrected chi connectivity index (χ2v) is 3.63. The highest BCUT2D eigenvalue weighted by Crippen LogP contribution is 2.14. The van der Waals surface area contributed by atoms with E-state index in [9.17, 15) is 0 Å². The maximum Gasteiger partial charge on any atom is -0.0264 e. The molecule has 0 saturated heterocycles. The molecule has 0 heterocycles. The zero-order chi connectivity index (χ0) is 7.11. The molecule has 0 nitrogen and oxygen atoms in total. The maximum atomic E-state index is 2.93. The third kappa shape index (κ3) is 6.31. The fourth-order valence-electron chi connectivity index (χ4n) is 0.981. The molecule has 0 aliphatic heterocycles. The van der Waals surface area contributed by atoms with Gasteiger partial charge in [0.1, 0.15) is 0 Å². The van der Waals surface area contributed by atoms with Gasteiger partial charge in [0.2, 0.25) is 0 Å². The molecule has 0 aromatic carbocycles. The summed E-state index contributed by atoms with van der Waals surface area (Å²) in [6.07, 6.45) is 6.85. The Morgan fingerprint density at radius 2 is 1.78 bits per heavy atom. The van der Waals surface area contributed by atoms with Gasteiger partial charge >= 0.3 is 0 Å². The first-order valence-corrected chi connectivity index (χ1v) is 4.73. The summed E-state index contributed by atoms with van der Waals surface area (Å²) < 4.78 is 0. The molecule has 0 aromatic rings. The molecule has 0 radical (unpaired) electrons. The molecule has 2 unspecified atom stereocenters. The first kappa shape index (κ1) is 9.43. The van der Waals surface area contributed by atoms with Gasteiger partial charge in [-0.3, -0.25) is 0 Å². The van der Waals surface area contributed by atoms with Gasteiger partial charge in [-0.1, -0.05) is 33.1 Å². The van der Waals surface area contributed by atoms with Gasteiger partial charge in [0, 0.05) is 0 Å². The minimum Gasteiger partial charge on any atom is -0.134 e. The third-order valence-electron chi connectivity index (χ3n) is 1.59. The van der Waals surface area contributed by atoms with Gasteiger partial charge in [-0.2, -0.15) is 0 Å². The van der Waals surface area contributed by atoms with Gasteiger partial charge < -0.3 is 0 Å². The highest BCUT2D eigenvalue weighted by atomic mass is 31.0. The Kier molecular flexibility index (Phi) is 6.86. The highest BCUT2D eigenvalue weighted by molar-refractivity contribution is 7.17. The van der Waals surface area contributed by atoms with Crippen molar-refractivity contribution in [2.75, 3.05) is 0 Å². The van der Waals surface area contributed by atoms with Crippen LogP contribution in [0.15, 0.2) is 0 Å². The van der Waals surface area contributed by atoms with E-state index < -0.39 is 0 Å². The van der Waals surface area contributed by atoms with Gasteiger partial charge in [-0.25, -0.2) is 0 Å². The Hall–Kier alpha value is 0.430. The summed E-state index contributed by atoms with van der Waals surface area (Å²) in [6, 6.07) is 0. The molecule has 1 heteroatoms. The number of hydrogen-bond acceptors (Lipinski definition) is 0. The van der Waals surface area contributed by atoms with Crippen molar-refractivity contribution in [3.05, 3.63) is 0 Å². The average molecular weight is 146 g/mol. The van der Waals surface area contributed by atoms with E-state index in [-0.39, 0.29) is 0 Å². The highest BCUT2D eigenvalue weighted by Gasteiger charge is 1.97. The van der Waals surface area contributed by atoms with Gasteiger partial charge in [0.05, 0.1) is 0 Å². The first-order chi connectivity index (χ1) is 4.31. The van der Waals surface area contributed by atoms with Crippen molar-refractivity contribution in [3.63, 3.8) is 0 Å². The molecule has 0 saturated carbocycles. The summed E-state index contributed by atoms with van der Waals surface area (Å²) in [4.78, 5) is 0. The predicted molar refractivity (Wildman–Crippen MR) is 47.9 cm³/mol. The smallest absolute Gasteiger partial charge is 0.0264 e. The van der Waals surface area contributed by atoms with Crippen molar-refractivity contribution >= 4 is 9.24 Å². The summed E-state index contributed by atoms with van der Waals surface area (Å²) in [5.74, 6) is 0. The zero-order valence-corrected chi connectivity index (χ0v) is 7.84. The fourth-order valence-corrected chi connectivity index (χ4v) is 1.55. The molecule has 0 N–H and O–H groups in total. The summed E-state index contributed by atoms with van der Waals surface area (Å²) in [7, 11) is 2.93. The molecule has 0 spiro atoms. The van der Waals surface area contributed by atoms with Crippen LogP contribution in [0.1, 0.15) is 46.0 Å². The SMILES string of the molecule is CCCCC(P)CCC. The van der Waals surface area contributed by atoms with Gasteiger partial charge in [-0.05, 0) is 18.5 Å². The third-order valence-corrected chi connectivity index (χ3v) is 2.25.